The second-order valence-corrected chi connectivity index (χ2v) is 8.91. The van der Waals surface area contributed by atoms with Crippen LogP contribution in [-0.2, 0) is 9.59 Å². The zero-order valence-corrected chi connectivity index (χ0v) is 18.2. The topological polar surface area (TPSA) is 111 Å². The maximum absolute atomic E-state index is 14.8. The van der Waals surface area contributed by atoms with Crippen LogP contribution >= 0.6 is 0 Å². The zero-order chi connectivity index (χ0) is 22.7. The van der Waals surface area contributed by atoms with Gasteiger partial charge in [-0.2, -0.15) is 0 Å². The number of halogens is 1. The number of piperazine rings is 1. The van der Waals surface area contributed by atoms with Gasteiger partial charge < -0.3 is 10.2 Å². The minimum Gasteiger partial charge on any atom is -0.367 e. The summed E-state index contributed by atoms with van der Waals surface area (Å²) < 4.78 is 14.8. The van der Waals surface area contributed by atoms with Gasteiger partial charge in [-0.3, -0.25) is 30.4 Å². The van der Waals surface area contributed by atoms with E-state index in [9.17, 15) is 18.8 Å². The summed E-state index contributed by atoms with van der Waals surface area (Å²) in [6.07, 6.45) is 2.65. The van der Waals surface area contributed by atoms with E-state index in [4.69, 9.17) is 5.84 Å². The van der Waals surface area contributed by atoms with Gasteiger partial charge in [-0.15, -0.1) is 0 Å². The van der Waals surface area contributed by atoms with E-state index in [-0.39, 0.29) is 24.3 Å². The lowest BCUT2D eigenvalue weighted by Crippen LogP contribution is -2.52. The molecule has 0 radical (unpaired) electrons. The molecule has 174 valence electrons. The molecule has 1 aromatic rings. The first kappa shape index (κ1) is 22.6. The molecule has 1 aromatic carbocycles. The van der Waals surface area contributed by atoms with Crippen molar-refractivity contribution in [2.24, 2.45) is 11.8 Å². The molecule has 3 aliphatic heterocycles. The molecule has 0 aliphatic carbocycles. The molecule has 0 aromatic heterocycles. The number of carbonyl (C=O) groups excluding carboxylic acids is 3. The Balaban J connectivity index is 1.29. The molecule has 9 nitrogen and oxygen atoms in total. The maximum atomic E-state index is 14.8. The normalized spacial score (nSPS) is 23.8. The molecule has 4 rings (SSSR count). The van der Waals surface area contributed by atoms with Crippen molar-refractivity contribution in [2.75, 3.05) is 50.7 Å². The third-order valence-electron chi connectivity index (χ3n) is 6.63. The van der Waals surface area contributed by atoms with Gasteiger partial charge in [-0.25, -0.2) is 9.40 Å². The van der Waals surface area contributed by atoms with Crippen molar-refractivity contribution in [3.05, 3.63) is 29.6 Å². The number of nitrogens with two attached hydrogens (primary N) is 1. The Morgan fingerprint density at radius 2 is 1.81 bits per heavy atom. The molecule has 3 heterocycles. The molecule has 3 amide bonds. The summed E-state index contributed by atoms with van der Waals surface area (Å²) in [5.74, 6) is 4.64. The van der Waals surface area contributed by atoms with Crippen LogP contribution in [-0.4, -0.2) is 79.5 Å². The van der Waals surface area contributed by atoms with Crippen LogP contribution in [0.1, 0.15) is 36.0 Å². The van der Waals surface area contributed by atoms with Crippen LogP contribution in [0, 0.1) is 11.7 Å². The maximum Gasteiger partial charge on any atom is 0.252 e. The van der Waals surface area contributed by atoms with E-state index in [1.54, 1.807) is 12.1 Å². The van der Waals surface area contributed by atoms with Gasteiger partial charge in [0.25, 0.3) is 5.91 Å². The Bertz CT molecular complexity index is 865. The molecular weight excluding hydrogens is 415 g/mol. The number of hydrogen-bond donors (Lipinski definition) is 3. The van der Waals surface area contributed by atoms with Crippen molar-refractivity contribution in [1.82, 2.24) is 20.5 Å². The summed E-state index contributed by atoms with van der Waals surface area (Å²) in [5, 5.41) is 6.65. The summed E-state index contributed by atoms with van der Waals surface area (Å²) in [4.78, 5) is 40.0. The lowest BCUT2D eigenvalue weighted by molar-refractivity contribution is -0.134. The number of anilines is 1. The molecule has 32 heavy (non-hydrogen) atoms. The van der Waals surface area contributed by atoms with Gasteiger partial charge in [0, 0.05) is 57.8 Å². The molecule has 1 atom stereocenters. The molecule has 10 heteroatoms. The average molecular weight is 447 g/mol. The van der Waals surface area contributed by atoms with Crippen molar-refractivity contribution in [2.45, 2.75) is 31.7 Å². The van der Waals surface area contributed by atoms with Crippen molar-refractivity contribution in [3.8, 4) is 0 Å². The minimum absolute atomic E-state index is 0.154. The van der Waals surface area contributed by atoms with Crippen molar-refractivity contribution >= 4 is 23.4 Å². The highest BCUT2D eigenvalue weighted by atomic mass is 19.1. The molecule has 3 saturated heterocycles. The number of hydrogen-bond acceptors (Lipinski definition) is 7. The third-order valence-corrected chi connectivity index (χ3v) is 6.63. The molecular formula is C22H31FN6O3. The van der Waals surface area contributed by atoms with E-state index in [1.807, 2.05) is 9.91 Å². The molecule has 3 fully saturated rings. The lowest BCUT2D eigenvalue weighted by atomic mass is 9.97. The first-order valence-electron chi connectivity index (χ1n) is 11.3. The zero-order valence-electron chi connectivity index (χ0n) is 18.2. The van der Waals surface area contributed by atoms with Crippen LogP contribution in [0.5, 0.6) is 0 Å². The van der Waals surface area contributed by atoms with Crippen LogP contribution in [0.4, 0.5) is 10.1 Å². The minimum atomic E-state index is -0.784. The van der Waals surface area contributed by atoms with Crippen LogP contribution < -0.4 is 21.4 Å². The number of imide groups is 1. The highest BCUT2D eigenvalue weighted by Crippen LogP contribution is 2.24. The summed E-state index contributed by atoms with van der Waals surface area (Å²) in [6, 6.07) is 3.63. The van der Waals surface area contributed by atoms with Gasteiger partial charge in [-0.05, 0) is 43.4 Å². The van der Waals surface area contributed by atoms with Crippen molar-refractivity contribution in [1.29, 1.82) is 0 Å². The molecule has 1 unspecified atom stereocenters. The van der Waals surface area contributed by atoms with Gasteiger partial charge in [0.15, 0.2) is 0 Å². The second-order valence-electron chi connectivity index (χ2n) is 8.91. The van der Waals surface area contributed by atoms with Gasteiger partial charge in [0.2, 0.25) is 11.8 Å². The van der Waals surface area contributed by atoms with Gasteiger partial charge in [0.05, 0.1) is 5.69 Å². The molecule has 0 spiro atoms. The third kappa shape index (κ3) is 5.43. The van der Waals surface area contributed by atoms with E-state index in [1.165, 1.54) is 6.07 Å². The first-order chi connectivity index (χ1) is 15.4. The average Bonchev–Trinajstić information content (AvgIpc) is 2.78. The Hall–Kier alpha value is -2.56. The van der Waals surface area contributed by atoms with Crippen LogP contribution in [0.3, 0.4) is 0 Å². The van der Waals surface area contributed by atoms with Crippen LogP contribution in [0.2, 0.25) is 0 Å². The fraction of sp³-hybridized carbons (Fsp3) is 0.591. The fourth-order valence-electron chi connectivity index (χ4n) is 4.65. The Kier molecular flexibility index (Phi) is 7.02. The Labute approximate surface area is 187 Å². The monoisotopic (exact) mass is 446 g/mol. The SMILES string of the molecule is NN1CCC(CN2CCN(c3ccc(C(=O)NC4CCC(=O)NC4=O)cc3F)CC2)CC1. The molecule has 4 N–H and O–H groups in total. The van der Waals surface area contributed by atoms with Crippen molar-refractivity contribution in [3.63, 3.8) is 0 Å². The quantitative estimate of drug-likeness (QED) is 0.434. The van der Waals surface area contributed by atoms with E-state index >= 15 is 0 Å². The van der Waals surface area contributed by atoms with E-state index in [0.29, 0.717) is 11.6 Å². The number of carbonyl (C=O) groups is 3. The number of nitrogens with one attached hydrogen (secondary N) is 2. The highest BCUT2D eigenvalue weighted by molar-refractivity contribution is 6.03. The van der Waals surface area contributed by atoms with Crippen molar-refractivity contribution < 1.29 is 18.8 Å². The smallest absolute Gasteiger partial charge is 0.252 e. The summed E-state index contributed by atoms with van der Waals surface area (Å²) in [6.45, 7) is 6.16. The Morgan fingerprint density at radius 1 is 1.09 bits per heavy atom. The molecule has 3 aliphatic rings. The number of nitrogens with zero attached hydrogens (tertiary/aromatic N) is 3. The van der Waals surface area contributed by atoms with Crippen LogP contribution in [0.25, 0.3) is 0 Å². The van der Waals surface area contributed by atoms with E-state index < -0.39 is 23.7 Å². The fourth-order valence-corrected chi connectivity index (χ4v) is 4.65. The first-order valence-corrected chi connectivity index (χ1v) is 11.3. The molecule has 0 bridgehead atoms. The lowest BCUT2D eigenvalue weighted by Gasteiger charge is -2.39. The number of benzene rings is 1. The van der Waals surface area contributed by atoms with Gasteiger partial charge in [-0.1, -0.05) is 0 Å². The number of hydrazine groups is 1. The predicted molar refractivity (Wildman–Crippen MR) is 117 cm³/mol. The van der Waals surface area contributed by atoms with Gasteiger partial charge in [0.1, 0.15) is 11.9 Å². The second kappa shape index (κ2) is 9.93. The summed E-state index contributed by atoms with van der Waals surface area (Å²) in [5.41, 5.74) is 0.638. The predicted octanol–water partition coefficient (Wildman–Crippen LogP) is 0.0684. The number of piperidine rings is 2. The summed E-state index contributed by atoms with van der Waals surface area (Å²) in [7, 11) is 0. The standard InChI is InChI=1S/C22H31FN6O3/c23-17-13-16(21(31)25-18-2-4-20(30)26-22(18)32)1-3-19(17)28-11-9-27(10-12-28)14-15-5-7-29(24)8-6-15/h1,3,13,15,18H,2,4-12,14,24H2,(H,25,31)(H,26,30,32). The summed E-state index contributed by atoms with van der Waals surface area (Å²) >= 11 is 0. The van der Waals surface area contributed by atoms with E-state index in [2.05, 4.69) is 15.5 Å². The molecule has 0 saturated carbocycles. The van der Waals surface area contributed by atoms with Gasteiger partial charge >= 0.3 is 0 Å². The van der Waals surface area contributed by atoms with Crippen LogP contribution in [0.15, 0.2) is 18.2 Å². The van der Waals surface area contributed by atoms with E-state index in [0.717, 1.165) is 58.7 Å². The number of rotatable bonds is 5. The largest absolute Gasteiger partial charge is 0.367 e. The number of amides is 3. The highest BCUT2D eigenvalue weighted by Gasteiger charge is 2.29. The Morgan fingerprint density at radius 3 is 2.47 bits per heavy atom.